The average Bonchev–Trinajstić information content (AvgIpc) is 0.722. The van der Waals surface area contributed by atoms with Crippen molar-refractivity contribution in [2.45, 2.75) is 0 Å². The summed E-state index contributed by atoms with van der Waals surface area (Å²) in [4.78, 5) is 0. The fraction of sp³-hybridized carbons (Fsp3) is 0. The summed E-state index contributed by atoms with van der Waals surface area (Å²) in [6, 6.07) is 0. The molecule has 0 aliphatic rings. The molecule has 0 unspecified atom stereocenters. The zero-order valence-electron chi connectivity index (χ0n) is 2.53. The van der Waals surface area contributed by atoms with Gasteiger partial charge in [-0.05, 0) is 0 Å². The molecule has 0 aromatic rings. The van der Waals surface area contributed by atoms with Crippen LogP contribution in [0.5, 0.6) is 0 Å². The predicted molar refractivity (Wildman–Crippen MR) is 33.8 cm³/mol. The van der Waals surface area contributed by atoms with E-state index in [2.05, 4.69) is 0 Å². The molecule has 8 heteroatoms. The Kier molecular flexibility index (Phi) is 26.1. The van der Waals surface area contributed by atoms with E-state index in [1.54, 1.807) is 0 Å². The second-order valence-electron chi connectivity index (χ2n) is 0.448. The SMILES string of the molecule is F.O=S(=O)(O)O.[CaH2].[CaH2]. The molecule has 0 atom stereocenters. The van der Waals surface area contributed by atoms with Crippen LogP contribution in [0.25, 0.3) is 0 Å². The van der Waals surface area contributed by atoms with Gasteiger partial charge in [0.2, 0.25) is 0 Å². The van der Waals surface area contributed by atoms with Gasteiger partial charge < -0.3 is 0 Å². The molecule has 48 valence electrons. The van der Waals surface area contributed by atoms with E-state index in [1.807, 2.05) is 0 Å². The molecular formula is H7Ca2FO4S. The second kappa shape index (κ2) is 9.32. The number of rotatable bonds is 0. The summed E-state index contributed by atoms with van der Waals surface area (Å²) in [5, 5.41) is 0. The quantitative estimate of drug-likeness (QED) is 0.341. The van der Waals surface area contributed by atoms with Crippen LogP contribution in [-0.4, -0.2) is 93.0 Å². The molecule has 0 amide bonds. The van der Waals surface area contributed by atoms with Crippen LogP contribution in [0.15, 0.2) is 0 Å². The number of halogens is 1. The molecule has 0 rings (SSSR count). The van der Waals surface area contributed by atoms with Gasteiger partial charge in [-0.1, -0.05) is 0 Å². The van der Waals surface area contributed by atoms with Crippen LogP contribution >= 0.6 is 0 Å². The maximum absolute atomic E-state index is 8.74. The standard InChI is InChI=1S/2Ca.FH.H2O4S.4H/c;;;1-5(2,3)4;;;;/h;;1H;(H2,1,2,3,4);;;;. The van der Waals surface area contributed by atoms with Crippen molar-refractivity contribution in [3.8, 4) is 0 Å². The molecule has 0 aromatic carbocycles. The first-order valence-corrected chi connectivity index (χ1v) is 2.10. The van der Waals surface area contributed by atoms with E-state index in [9.17, 15) is 0 Å². The van der Waals surface area contributed by atoms with Gasteiger partial charge in [0.05, 0.1) is 0 Å². The van der Waals surface area contributed by atoms with Crippen LogP contribution < -0.4 is 0 Å². The number of hydrogen-bond donors (Lipinski definition) is 2. The minimum absolute atomic E-state index is 0. The van der Waals surface area contributed by atoms with Crippen molar-refractivity contribution in [3.05, 3.63) is 0 Å². The van der Waals surface area contributed by atoms with Gasteiger partial charge in [0.25, 0.3) is 0 Å². The van der Waals surface area contributed by atoms with Gasteiger partial charge in [-0.25, -0.2) is 0 Å². The summed E-state index contributed by atoms with van der Waals surface area (Å²) in [6.07, 6.45) is 0. The van der Waals surface area contributed by atoms with Gasteiger partial charge in [-0.3, -0.25) is 13.8 Å². The first kappa shape index (κ1) is 22.4. The molecule has 0 radical (unpaired) electrons. The zero-order valence-corrected chi connectivity index (χ0v) is 3.34. The summed E-state index contributed by atoms with van der Waals surface area (Å²) in [5.74, 6) is 0. The first-order valence-electron chi connectivity index (χ1n) is 0.698. The molecule has 8 heavy (non-hydrogen) atoms. The van der Waals surface area contributed by atoms with Crippen molar-refractivity contribution >= 4 is 85.9 Å². The van der Waals surface area contributed by atoms with Crippen molar-refractivity contribution in [2.24, 2.45) is 0 Å². The van der Waals surface area contributed by atoms with Gasteiger partial charge in [0.15, 0.2) is 0 Å². The van der Waals surface area contributed by atoms with Crippen LogP contribution in [0.4, 0.5) is 4.70 Å². The molecule has 0 bridgehead atoms. The Morgan fingerprint density at radius 3 is 1.00 bits per heavy atom. The van der Waals surface area contributed by atoms with Crippen molar-refractivity contribution in [1.82, 2.24) is 0 Å². The Morgan fingerprint density at radius 2 is 1.00 bits per heavy atom. The fourth-order valence-electron chi connectivity index (χ4n) is 0. The van der Waals surface area contributed by atoms with E-state index >= 15 is 0 Å². The Balaban J connectivity index is -0.0000000267. The predicted octanol–water partition coefficient (Wildman–Crippen LogP) is -2.33. The van der Waals surface area contributed by atoms with E-state index in [4.69, 9.17) is 17.5 Å². The molecule has 0 aliphatic carbocycles. The average molecular weight is 202 g/mol. The van der Waals surface area contributed by atoms with Gasteiger partial charge in [0.1, 0.15) is 0 Å². The second-order valence-corrected chi connectivity index (χ2v) is 1.34. The molecule has 0 saturated carbocycles. The molecule has 0 fully saturated rings. The third-order valence-corrected chi connectivity index (χ3v) is 0. The van der Waals surface area contributed by atoms with Crippen molar-refractivity contribution < 1.29 is 22.2 Å². The van der Waals surface area contributed by atoms with Crippen LogP contribution in [0.2, 0.25) is 0 Å². The molecule has 0 spiro atoms. The Hall–Kier alpha value is 2.32. The van der Waals surface area contributed by atoms with Crippen molar-refractivity contribution in [3.63, 3.8) is 0 Å². The maximum atomic E-state index is 8.74. The van der Waals surface area contributed by atoms with Crippen LogP contribution in [0.3, 0.4) is 0 Å². The summed E-state index contributed by atoms with van der Waals surface area (Å²) < 4.78 is 31.6. The third kappa shape index (κ3) is 82.8. The third-order valence-electron chi connectivity index (χ3n) is 0. The Bertz CT molecular complexity index is 97.2. The van der Waals surface area contributed by atoms with E-state index in [-0.39, 0.29) is 80.2 Å². The molecule has 4 nitrogen and oxygen atoms in total. The van der Waals surface area contributed by atoms with E-state index < -0.39 is 10.4 Å². The summed E-state index contributed by atoms with van der Waals surface area (Å²) in [5.41, 5.74) is 0. The summed E-state index contributed by atoms with van der Waals surface area (Å²) >= 11 is 0. The van der Waals surface area contributed by atoms with Crippen molar-refractivity contribution in [1.29, 1.82) is 0 Å². The molecule has 0 aliphatic heterocycles. The van der Waals surface area contributed by atoms with Crippen LogP contribution in [-0.2, 0) is 10.4 Å². The molecule has 2 N–H and O–H groups in total. The fourth-order valence-corrected chi connectivity index (χ4v) is 0. The van der Waals surface area contributed by atoms with Gasteiger partial charge in [-0.15, -0.1) is 0 Å². The molecule has 0 heterocycles. The minimum atomic E-state index is -4.67. The number of hydrogen-bond acceptors (Lipinski definition) is 2. The first-order chi connectivity index (χ1) is 2.00. The van der Waals surface area contributed by atoms with Crippen LogP contribution in [0, 0.1) is 0 Å². The Labute approximate surface area is 106 Å². The van der Waals surface area contributed by atoms with Gasteiger partial charge >= 0.3 is 85.9 Å². The van der Waals surface area contributed by atoms with Crippen molar-refractivity contribution in [2.75, 3.05) is 0 Å². The molecule has 0 saturated heterocycles. The Morgan fingerprint density at radius 1 is 1.00 bits per heavy atom. The van der Waals surface area contributed by atoms with Gasteiger partial charge in [0, 0.05) is 0 Å². The van der Waals surface area contributed by atoms with E-state index in [0.29, 0.717) is 0 Å². The molecular weight excluding hydrogens is 195 g/mol. The van der Waals surface area contributed by atoms with E-state index in [0.717, 1.165) is 0 Å². The topological polar surface area (TPSA) is 74.6 Å². The summed E-state index contributed by atoms with van der Waals surface area (Å²) in [7, 11) is -4.67. The monoisotopic (exact) mass is 202 g/mol. The van der Waals surface area contributed by atoms with Gasteiger partial charge in [-0.2, -0.15) is 8.42 Å². The summed E-state index contributed by atoms with van der Waals surface area (Å²) in [6.45, 7) is 0. The zero-order chi connectivity index (χ0) is 4.50. The normalized spacial score (nSPS) is 7.25. The van der Waals surface area contributed by atoms with Crippen LogP contribution in [0.1, 0.15) is 0 Å². The molecule has 0 aromatic heterocycles. The van der Waals surface area contributed by atoms with E-state index in [1.165, 1.54) is 0 Å².